The van der Waals surface area contributed by atoms with Crippen molar-refractivity contribution in [3.8, 4) is 0 Å². The molecule has 1 fully saturated rings. The van der Waals surface area contributed by atoms with E-state index in [-0.39, 0.29) is 10.8 Å². The first-order valence-corrected chi connectivity index (χ1v) is 11.1. The Morgan fingerprint density at radius 2 is 1.82 bits per heavy atom. The van der Waals surface area contributed by atoms with E-state index in [4.69, 9.17) is 0 Å². The van der Waals surface area contributed by atoms with Crippen molar-refractivity contribution in [2.75, 3.05) is 24.5 Å². The van der Waals surface area contributed by atoms with Gasteiger partial charge in [-0.1, -0.05) is 13.0 Å². The number of amides is 1. The molecule has 0 saturated carbocycles. The number of aromatic nitrogens is 1. The van der Waals surface area contributed by atoms with Crippen LogP contribution in [0.1, 0.15) is 42.1 Å². The summed E-state index contributed by atoms with van der Waals surface area (Å²) in [6, 6.07) is 9.77. The fraction of sp³-hybridized carbons (Fsp3) is 0.400. The average Bonchev–Trinajstić information content (AvgIpc) is 2.73. The van der Waals surface area contributed by atoms with Crippen molar-refractivity contribution >= 4 is 21.7 Å². The molecule has 7 nitrogen and oxygen atoms in total. The highest BCUT2D eigenvalue weighted by atomic mass is 32.2. The lowest BCUT2D eigenvalue weighted by atomic mass is 10.1. The number of nitrogens with one attached hydrogen (secondary N) is 2. The van der Waals surface area contributed by atoms with E-state index in [0.717, 1.165) is 37.3 Å². The third-order valence-corrected chi connectivity index (χ3v) is 6.29. The smallest absolute Gasteiger partial charge is 0.251 e. The topological polar surface area (TPSA) is 91.4 Å². The van der Waals surface area contributed by atoms with Crippen LogP contribution in [0.2, 0.25) is 0 Å². The van der Waals surface area contributed by atoms with Crippen LogP contribution in [0.15, 0.2) is 47.5 Å². The van der Waals surface area contributed by atoms with Gasteiger partial charge >= 0.3 is 0 Å². The van der Waals surface area contributed by atoms with E-state index < -0.39 is 10.0 Å². The Kier molecular flexibility index (Phi) is 6.64. The van der Waals surface area contributed by atoms with Gasteiger partial charge in [0.25, 0.3) is 5.91 Å². The van der Waals surface area contributed by atoms with Crippen molar-refractivity contribution in [2.24, 2.45) is 0 Å². The molecule has 2 heterocycles. The number of piperidine rings is 1. The molecule has 0 aliphatic carbocycles. The number of hydrogen-bond acceptors (Lipinski definition) is 5. The molecule has 1 amide bonds. The molecule has 1 aliphatic heterocycles. The number of hydrogen-bond donors (Lipinski definition) is 2. The Balaban J connectivity index is 1.66. The Morgan fingerprint density at radius 1 is 1.11 bits per heavy atom. The first kappa shape index (κ1) is 20.3. The van der Waals surface area contributed by atoms with Crippen molar-refractivity contribution in [3.05, 3.63) is 53.7 Å². The predicted molar refractivity (Wildman–Crippen MR) is 109 cm³/mol. The maximum absolute atomic E-state index is 12.5. The largest absolute Gasteiger partial charge is 0.356 e. The van der Waals surface area contributed by atoms with E-state index in [0.29, 0.717) is 18.7 Å². The van der Waals surface area contributed by atoms with E-state index in [1.165, 1.54) is 30.7 Å². The Hall–Kier alpha value is -2.45. The van der Waals surface area contributed by atoms with Crippen LogP contribution in [-0.4, -0.2) is 38.9 Å². The molecule has 28 heavy (non-hydrogen) atoms. The summed E-state index contributed by atoms with van der Waals surface area (Å²) >= 11 is 0. The molecule has 1 aliphatic rings. The SMILES string of the molecule is CCNS(=O)(=O)c1ccc(C(=O)NCc2cccnc2N2CCCCC2)cc1. The number of carbonyl (C=O) groups excluding carboxylic acids is 1. The molecule has 0 radical (unpaired) electrons. The zero-order chi connectivity index (χ0) is 20.0. The molecule has 0 atom stereocenters. The molecule has 8 heteroatoms. The molecule has 0 bridgehead atoms. The van der Waals surface area contributed by atoms with Gasteiger partial charge in [-0.05, 0) is 49.6 Å². The number of sulfonamides is 1. The lowest BCUT2D eigenvalue weighted by Crippen LogP contribution is -2.32. The van der Waals surface area contributed by atoms with Gasteiger partial charge < -0.3 is 10.2 Å². The first-order chi connectivity index (χ1) is 13.5. The molecule has 150 valence electrons. The molecular formula is C20H26N4O3S. The number of rotatable bonds is 7. The van der Waals surface area contributed by atoms with E-state index >= 15 is 0 Å². The van der Waals surface area contributed by atoms with E-state index in [9.17, 15) is 13.2 Å². The number of pyridine rings is 1. The van der Waals surface area contributed by atoms with Gasteiger partial charge in [-0.2, -0.15) is 0 Å². The highest BCUT2D eigenvalue weighted by Gasteiger charge is 2.17. The van der Waals surface area contributed by atoms with Crippen molar-refractivity contribution in [3.63, 3.8) is 0 Å². The summed E-state index contributed by atoms with van der Waals surface area (Å²) < 4.78 is 26.4. The second-order valence-corrected chi connectivity index (χ2v) is 8.51. The molecule has 3 rings (SSSR count). The number of benzene rings is 1. The zero-order valence-corrected chi connectivity index (χ0v) is 16.8. The third kappa shape index (κ3) is 4.88. The van der Waals surface area contributed by atoms with Crippen LogP contribution in [0.3, 0.4) is 0 Å². The van der Waals surface area contributed by atoms with Crippen molar-refractivity contribution < 1.29 is 13.2 Å². The minimum atomic E-state index is -3.52. The van der Waals surface area contributed by atoms with Crippen LogP contribution >= 0.6 is 0 Å². The zero-order valence-electron chi connectivity index (χ0n) is 16.0. The van der Waals surface area contributed by atoms with Gasteiger partial charge in [-0.15, -0.1) is 0 Å². The summed E-state index contributed by atoms with van der Waals surface area (Å²) in [5.74, 6) is 0.676. The molecule has 0 unspecified atom stereocenters. The van der Waals surface area contributed by atoms with Crippen LogP contribution in [0.4, 0.5) is 5.82 Å². The molecular weight excluding hydrogens is 376 g/mol. The van der Waals surface area contributed by atoms with E-state index in [2.05, 4.69) is 19.9 Å². The summed E-state index contributed by atoms with van der Waals surface area (Å²) in [5.41, 5.74) is 1.39. The standard InChI is InChI=1S/C20H26N4O3S/c1-2-23-28(26,27)18-10-8-16(9-11-18)20(25)22-15-17-7-6-12-21-19(17)24-13-4-3-5-14-24/h6-12,23H,2-5,13-15H2,1H3,(H,22,25). The Labute approximate surface area is 166 Å². The van der Waals surface area contributed by atoms with Gasteiger partial charge in [0.1, 0.15) is 5.82 Å². The number of carbonyl (C=O) groups is 1. The minimum Gasteiger partial charge on any atom is -0.356 e. The monoisotopic (exact) mass is 402 g/mol. The second-order valence-electron chi connectivity index (χ2n) is 6.74. The minimum absolute atomic E-state index is 0.144. The highest BCUT2D eigenvalue weighted by molar-refractivity contribution is 7.89. The normalized spacial score (nSPS) is 14.7. The summed E-state index contributed by atoms with van der Waals surface area (Å²) in [6.45, 7) is 4.38. The van der Waals surface area contributed by atoms with Crippen molar-refractivity contribution in [1.82, 2.24) is 15.0 Å². The number of nitrogens with zero attached hydrogens (tertiary/aromatic N) is 2. The van der Waals surface area contributed by atoms with E-state index in [1.807, 2.05) is 12.1 Å². The van der Waals surface area contributed by atoms with Gasteiger partial charge in [0.2, 0.25) is 10.0 Å². The van der Waals surface area contributed by atoms with Gasteiger partial charge in [0, 0.05) is 43.5 Å². The fourth-order valence-corrected chi connectivity index (χ4v) is 4.34. The van der Waals surface area contributed by atoms with Crippen LogP contribution < -0.4 is 14.9 Å². The van der Waals surface area contributed by atoms with Gasteiger partial charge in [-0.3, -0.25) is 4.79 Å². The molecule has 2 aromatic rings. The fourth-order valence-electron chi connectivity index (χ4n) is 3.30. The Morgan fingerprint density at radius 3 is 2.50 bits per heavy atom. The lowest BCUT2D eigenvalue weighted by molar-refractivity contribution is 0.0951. The molecule has 1 aromatic heterocycles. The summed E-state index contributed by atoms with van der Waals surface area (Å²) in [7, 11) is -3.52. The summed E-state index contributed by atoms with van der Waals surface area (Å²) in [4.78, 5) is 19.4. The van der Waals surface area contributed by atoms with Crippen molar-refractivity contribution in [2.45, 2.75) is 37.6 Å². The molecule has 1 saturated heterocycles. The molecule has 2 N–H and O–H groups in total. The van der Waals surface area contributed by atoms with Crippen LogP contribution in [0, 0.1) is 0 Å². The number of anilines is 1. The third-order valence-electron chi connectivity index (χ3n) is 4.72. The maximum atomic E-state index is 12.5. The van der Waals surface area contributed by atoms with Gasteiger partial charge in [0.05, 0.1) is 4.90 Å². The van der Waals surface area contributed by atoms with Gasteiger partial charge in [0.15, 0.2) is 0 Å². The van der Waals surface area contributed by atoms with Crippen LogP contribution in [0.5, 0.6) is 0 Å². The predicted octanol–water partition coefficient (Wildman–Crippen LogP) is 2.30. The summed E-state index contributed by atoms with van der Waals surface area (Å²) in [5, 5.41) is 2.91. The van der Waals surface area contributed by atoms with Crippen molar-refractivity contribution in [1.29, 1.82) is 0 Å². The lowest BCUT2D eigenvalue weighted by Gasteiger charge is -2.29. The molecule has 1 aromatic carbocycles. The van der Waals surface area contributed by atoms with Crippen LogP contribution in [-0.2, 0) is 16.6 Å². The van der Waals surface area contributed by atoms with E-state index in [1.54, 1.807) is 13.1 Å². The average molecular weight is 403 g/mol. The van der Waals surface area contributed by atoms with Crippen LogP contribution in [0.25, 0.3) is 0 Å². The Bertz CT molecular complexity index is 907. The summed E-state index contributed by atoms with van der Waals surface area (Å²) in [6.07, 6.45) is 5.34. The maximum Gasteiger partial charge on any atom is 0.251 e. The molecule has 0 spiro atoms. The highest BCUT2D eigenvalue weighted by Crippen LogP contribution is 2.21. The second kappa shape index (κ2) is 9.16. The van der Waals surface area contributed by atoms with Gasteiger partial charge in [-0.25, -0.2) is 18.1 Å². The first-order valence-electron chi connectivity index (χ1n) is 9.58. The quantitative estimate of drug-likeness (QED) is 0.742.